The van der Waals surface area contributed by atoms with Crippen LogP contribution in [0.1, 0.15) is 34.7 Å². The number of nitrogens with one attached hydrogen (secondary N) is 1. The summed E-state index contributed by atoms with van der Waals surface area (Å²) in [6.45, 7) is 10.8. The van der Waals surface area contributed by atoms with E-state index in [-0.39, 0.29) is 0 Å². The van der Waals surface area contributed by atoms with Gasteiger partial charge in [-0.2, -0.15) is 0 Å². The highest BCUT2D eigenvalue weighted by molar-refractivity contribution is 14.1. The van der Waals surface area contributed by atoms with E-state index in [1.54, 1.807) is 0 Å². The SMILES string of the molecule is CCc1cccc(C)c1Nc1cccc(C)c1-c1c(C)cc(Cl)c(C)c1I. The van der Waals surface area contributed by atoms with Crippen molar-refractivity contribution in [1.29, 1.82) is 0 Å². The van der Waals surface area contributed by atoms with Gasteiger partial charge in [-0.15, -0.1) is 0 Å². The van der Waals surface area contributed by atoms with Crippen LogP contribution in [-0.4, -0.2) is 0 Å². The summed E-state index contributed by atoms with van der Waals surface area (Å²) < 4.78 is 1.22. The average Bonchev–Trinajstić information content (AvgIpc) is 2.63. The van der Waals surface area contributed by atoms with Gasteiger partial charge >= 0.3 is 0 Å². The molecule has 0 amide bonds. The first-order chi connectivity index (χ1) is 12.8. The standard InChI is InChI=1S/C24H25ClIN/c1-6-18-11-7-10-15(3)24(18)27-20-12-8-9-14(2)21(20)22-16(4)13-19(25)17(5)23(22)26/h7-13,27H,6H2,1-5H3. The Bertz CT molecular complexity index is 1010. The van der Waals surface area contributed by atoms with Crippen LogP contribution in [0, 0.1) is 31.3 Å². The highest BCUT2D eigenvalue weighted by Crippen LogP contribution is 2.41. The fourth-order valence-electron chi connectivity index (χ4n) is 3.58. The molecular weight excluding hydrogens is 465 g/mol. The fourth-order valence-corrected chi connectivity index (χ4v) is 4.99. The molecule has 0 spiro atoms. The molecule has 3 heteroatoms. The summed E-state index contributed by atoms with van der Waals surface area (Å²) >= 11 is 8.86. The second-order valence-corrected chi connectivity index (χ2v) is 8.56. The van der Waals surface area contributed by atoms with E-state index in [0.717, 1.165) is 22.7 Å². The van der Waals surface area contributed by atoms with Crippen LogP contribution < -0.4 is 5.32 Å². The van der Waals surface area contributed by atoms with Crippen LogP contribution in [0.3, 0.4) is 0 Å². The van der Waals surface area contributed by atoms with Gasteiger partial charge in [0, 0.05) is 31.1 Å². The number of aryl methyl sites for hydroxylation is 4. The van der Waals surface area contributed by atoms with E-state index in [4.69, 9.17) is 11.6 Å². The van der Waals surface area contributed by atoms with E-state index in [1.165, 1.54) is 42.6 Å². The zero-order valence-corrected chi connectivity index (χ0v) is 19.4. The summed E-state index contributed by atoms with van der Waals surface area (Å²) in [6, 6.07) is 15.1. The Hall–Kier alpha value is -1.52. The first-order valence-corrected chi connectivity index (χ1v) is 10.7. The van der Waals surface area contributed by atoms with Crippen LogP contribution in [0.4, 0.5) is 11.4 Å². The Labute approximate surface area is 181 Å². The van der Waals surface area contributed by atoms with Crippen molar-refractivity contribution in [3.63, 3.8) is 0 Å². The van der Waals surface area contributed by atoms with Crippen molar-refractivity contribution < 1.29 is 0 Å². The molecule has 1 nitrogen and oxygen atoms in total. The number of halogens is 2. The van der Waals surface area contributed by atoms with Gasteiger partial charge in [-0.05, 0) is 96.7 Å². The third-order valence-corrected chi connectivity index (χ3v) is 6.91. The molecule has 140 valence electrons. The Morgan fingerprint density at radius 2 is 1.56 bits per heavy atom. The first kappa shape index (κ1) is 20.2. The minimum atomic E-state index is 0.830. The number of hydrogen-bond donors (Lipinski definition) is 1. The number of para-hydroxylation sites is 1. The molecule has 0 bridgehead atoms. The monoisotopic (exact) mass is 489 g/mol. The quantitative estimate of drug-likeness (QED) is 0.365. The Balaban J connectivity index is 2.24. The Morgan fingerprint density at radius 3 is 2.26 bits per heavy atom. The van der Waals surface area contributed by atoms with Crippen molar-refractivity contribution in [2.24, 2.45) is 0 Å². The summed E-state index contributed by atoms with van der Waals surface area (Å²) in [5, 5.41) is 4.58. The fraction of sp³-hybridized carbons (Fsp3) is 0.250. The zero-order chi connectivity index (χ0) is 19.7. The van der Waals surface area contributed by atoms with Gasteiger partial charge in [-0.3, -0.25) is 0 Å². The lowest BCUT2D eigenvalue weighted by molar-refractivity contribution is 1.13. The largest absolute Gasteiger partial charge is 0.355 e. The van der Waals surface area contributed by atoms with E-state index < -0.39 is 0 Å². The molecule has 0 unspecified atom stereocenters. The van der Waals surface area contributed by atoms with Gasteiger partial charge in [-0.1, -0.05) is 48.9 Å². The first-order valence-electron chi connectivity index (χ1n) is 9.25. The molecule has 0 aliphatic carbocycles. The summed E-state index contributed by atoms with van der Waals surface area (Å²) in [5.41, 5.74) is 11.1. The van der Waals surface area contributed by atoms with Gasteiger partial charge < -0.3 is 5.32 Å². The minimum Gasteiger partial charge on any atom is -0.355 e. The van der Waals surface area contributed by atoms with E-state index in [2.05, 4.69) is 105 Å². The maximum absolute atomic E-state index is 6.43. The molecule has 0 atom stereocenters. The summed E-state index contributed by atoms with van der Waals surface area (Å²) in [5.74, 6) is 0. The maximum atomic E-state index is 6.43. The molecule has 0 saturated carbocycles. The van der Waals surface area contributed by atoms with Crippen molar-refractivity contribution >= 4 is 45.6 Å². The molecule has 0 aliphatic heterocycles. The van der Waals surface area contributed by atoms with Crippen molar-refractivity contribution in [2.45, 2.75) is 41.0 Å². The molecule has 0 fully saturated rings. The number of rotatable bonds is 4. The van der Waals surface area contributed by atoms with Crippen LogP contribution in [-0.2, 0) is 6.42 Å². The Kier molecular flexibility index (Phi) is 6.17. The van der Waals surface area contributed by atoms with E-state index in [0.29, 0.717) is 0 Å². The van der Waals surface area contributed by atoms with E-state index in [9.17, 15) is 0 Å². The molecule has 3 aromatic rings. The summed E-state index contributed by atoms with van der Waals surface area (Å²) in [4.78, 5) is 0. The predicted molar refractivity (Wildman–Crippen MR) is 128 cm³/mol. The van der Waals surface area contributed by atoms with Crippen molar-refractivity contribution in [3.8, 4) is 11.1 Å². The van der Waals surface area contributed by atoms with Crippen LogP contribution in [0.5, 0.6) is 0 Å². The lowest BCUT2D eigenvalue weighted by Crippen LogP contribution is -2.02. The highest BCUT2D eigenvalue weighted by Gasteiger charge is 2.18. The van der Waals surface area contributed by atoms with Crippen LogP contribution >= 0.6 is 34.2 Å². The normalized spacial score (nSPS) is 10.9. The van der Waals surface area contributed by atoms with Crippen molar-refractivity contribution in [1.82, 2.24) is 0 Å². The molecule has 0 aliphatic rings. The zero-order valence-electron chi connectivity index (χ0n) is 16.5. The van der Waals surface area contributed by atoms with Crippen molar-refractivity contribution in [3.05, 3.63) is 78.9 Å². The van der Waals surface area contributed by atoms with Gasteiger partial charge in [-0.25, -0.2) is 0 Å². The lowest BCUT2D eigenvalue weighted by atomic mass is 9.93. The molecule has 3 rings (SSSR count). The van der Waals surface area contributed by atoms with Gasteiger partial charge in [0.05, 0.1) is 0 Å². The van der Waals surface area contributed by atoms with Crippen LogP contribution in [0.15, 0.2) is 42.5 Å². The molecule has 1 N–H and O–H groups in total. The van der Waals surface area contributed by atoms with Gasteiger partial charge in [0.2, 0.25) is 0 Å². The van der Waals surface area contributed by atoms with E-state index in [1.807, 2.05) is 0 Å². The lowest BCUT2D eigenvalue weighted by Gasteiger charge is -2.21. The molecule has 0 aromatic heterocycles. The smallest absolute Gasteiger partial charge is 0.0467 e. The second-order valence-electron chi connectivity index (χ2n) is 7.07. The number of anilines is 2. The molecule has 0 heterocycles. The van der Waals surface area contributed by atoms with Crippen LogP contribution in [0.25, 0.3) is 11.1 Å². The summed E-state index contributed by atoms with van der Waals surface area (Å²) in [6.07, 6.45) is 1.00. The molecule has 0 radical (unpaired) electrons. The molecule has 3 aromatic carbocycles. The molecule has 0 saturated heterocycles. The third-order valence-electron chi connectivity index (χ3n) is 5.17. The number of benzene rings is 3. The van der Waals surface area contributed by atoms with Gasteiger partial charge in [0.25, 0.3) is 0 Å². The maximum Gasteiger partial charge on any atom is 0.0467 e. The van der Waals surface area contributed by atoms with Crippen molar-refractivity contribution in [2.75, 3.05) is 5.32 Å². The molecular formula is C24H25ClIN. The second kappa shape index (κ2) is 8.24. The highest BCUT2D eigenvalue weighted by atomic mass is 127. The third kappa shape index (κ3) is 3.88. The Morgan fingerprint density at radius 1 is 0.889 bits per heavy atom. The topological polar surface area (TPSA) is 12.0 Å². The average molecular weight is 490 g/mol. The van der Waals surface area contributed by atoms with Crippen LogP contribution in [0.2, 0.25) is 5.02 Å². The molecule has 27 heavy (non-hydrogen) atoms. The van der Waals surface area contributed by atoms with Gasteiger partial charge in [0.1, 0.15) is 0 Å². The summed E-state index contributed by atoms with van der Waals surface area (Å²) in [7, 11) is 0. The minimum absolute atomic E-state index is 0.830. The number of hydrogen-bond acceptors (Lipinski definition) is 1. The van der Waals surface area contributed by atoms with Gasteiger partial charge in [0.15, 0.2) is 0 Å². The van der Waals surface area contributed by atoms with E-state index >= 15 is 0 Å². The predicted octanol–water partition coefficient (Wildman–Crippen LogP) is 8.15.